The fourth-order valence-corrected chi connectivity index (χ4v) is 1.75. The second kappa shape index (κ2) is 6.66. The summed E-state index contributed by atoms with van der Waals surface area (Å²) in [5.74, 6) is 0. The molecule has 0 aromatic heterocycles. The Hall–Kier alpha value is -0.860. The van der Waals surface area contributed by atoms with Crippen LogP contribution in [-0.4, -0.2) is 24.4 Å². The quantitative estimate of drug-likeness (QED) is 0.801. The van der Waals surface area contributed by atoms with Gasteiger partial charge >= 0.3 is 0 Å². The molecule has 0 heterocycles. The first-order valence-electron chi connectivity index (χ1n) is 5.94. The van der Waals surface area contributed by atoms with Gasteiger partial charge in [-0.3, -0.25) is 0 Å². The van der Waals surface area contributed by atoms with Crippen molar-refractivity contribution in [3.63, 3.8) is 0 Å². The van der Waals surface area contributed by atoms with Crippen molar-refractivity contribution in [2.75, 3.05) is 7.11 Å². The number of benzene rings is 1. The first kappa shape index (κ1) is 13.2. The predicted molar refractivity (Wildman–Crippen MR) is 66.6 cm³/mol. The van der Waals surface area contributed by atoms with E-state index in [1.165, 1.54) is 11.1 Å². The fraction of sp³-hybridized carbons (Fsp3) is 0.571. The Bertz CT molecular complexity index is 292. The molecule has 0 spiro atoms. The van der Waals surface area contributed by atoms with Gasteiger partial charge < -0.3 is 9.84 Å². The Morgan fingerprint density at radius 2 is 1.75 bits per heavy atom. The van der Waals surface area contributed by atoms with Crippen molar-refractivity contribution in [3.05, 3.63) is 35.4 Å². The summed E-state index contributed by atoms with van der Waals surface area (Å²) >= 11 is 0. The summed E-state index contributed by atoms with van der Waals surface area (Å²) < 4.78 is 5.14. The normalized spacial score (nSPS) is 14.8. The largest absolute Gasteiger partial charge is 0.393 e. The van der Waals surface area contributed by atoms with Crippen LogP contribution in [-0.2, 0) is 17.6 Å². The molecule has 1 N–H and O–H groups in total. The molecule has 2 unspecified atom stereocenters. The number of aliphatic hydroxyl groups excluding tert-OH is 1. The van der Waals surface area contributed by atoms with E-state index >= 15 is 0 Å². The van der Waals surface area contributed by atoms with Crippen molar-refractivity contribution >= 4 is 0 Å². The van der Waals surface area contributed by atoms with E-state index in [1.807, 2.05) is 6.92 Å². The van der Waals surface area contributed by atoms with Gasteiger partial charge in [0.05, 0.1) is 12.2 Å². The third kappa shape index (κ3) is 4.33. The number of ether oxygens (including phenoxy) is 1. The monoisotopic (exact) mass is 222 g/mol. The minimum Gasteiger partial charge on any atom is -0.393 e. The zero-order chi connectivity index (χ0) is 12.0. The SMILES string of the molecule is CCc1ccc(CC(O)CC(C)OC)cc1. The average Bonchev–Trinajstić information content (AvgIpc) is 2.29. The summed E-state index contributed by atoms with van der Waals surface area (Å²) in [6.07, 6.45) is 2.25. The van der Waals surface area contributed by atoms with E-state index < -0.39 is 0 Å². The minimum atomic E-state index is -0.317. The highest BCUT2D eigenvalue weighted by atomic mass is 16.5. The highest BCUT2D eigenvalue weighted by molar-refractivity contribution is 5.22. The van der Waals surface area contributed by atoms with Gasteiger partial charge in [-0.15, -0.1) is 0 Å². The molecule has 90 valence electrons. The van der Waals surface area contributed by atoms with Crippen LogP contribution in [0.3, 0.4) is 0 Å². The number of aryl methyl sites for hydroxylation is 1. The first-order valence-corrected chi connectivity index (χ1v) is 5.94. The van der Waals surface area contributed by atoms with E-state index in [2.05, 4.69) is 31.2 Å². The van der Waals surface area contributed by atoms with E-state index in [1.54, 1.807) is 7.11 Å². The van der Waals surface area contributed by atoms with Crippen molar-refractivity contribution in [1.29, 1.82) is 0 Å². The summed E-state index contributed by atoms with van der Waals surface area (Å²) in [6.45, 7) is 4.12. The average molecular weight is 222 g/mol. The van der Waals surface area contributed by atoms with Crippen molar-refractivity contribution < 1.29 is 9.84 Å². The molecule has 16 heavy (non-hydrogen) atoms. The van der Waals surface area contributed by atoms with Gasteiger partial charge in [-0.1, -0.05) is 31.2 Å². The highest BCUT2D eigenvalue weighted by Gasteiger charge is 2.10. The van der Waals surface area contributed by atoms with Crippen molar-refractivity contribution in [2.24, 2.45) is 0 Å². The van der Waals surface area contributed by atoms with Gasteiger partial charge in [0, 0.05) is 7.11 Å². The molecule has 2 nitrogen and oxygen atoms in total. The highest BCUT2D eigenvalue weighted by Crippen LogP contribution is 2.11. The molecular weight excluding hydrogens is 200 g/mol. The summed E-state index contributed by atoms with van der Waals surface area (Å²) in [4.78, 5) is 0. The van der Waals surface area contributed by atoms with Crippen molar-refractivity contribution in [2.45, 2.75) is 45.3 Å². The lowest BCUT2D eigenvalue weighted by molar-refractivity contribution is 0.0565. The predicted octanol–water partition coefficient (Wildman–Crippen LogP) is 2.58. The van der Waals surface area contributed by atoms with E-state index in [0.717, 1.165) is 6.42 Å². The molecule has 0 bridgehead atoms. The van der Waals surface area contributed by atoms with Gasteiger partial charge in [0.1, 0.15) is 0 Å². The fourth-order valence-electron chi connectivity index (χ4n) is 1.75. The van der Waals surface area contributed by atoms with E-state index in [0.29, 0.717) is 12.8 Å². The third-order valence-electron chi connectivity index (χ3n) is 2.91. The molecule has 2 atom stereocenters. The molecule has 0 saturated heterocycles. The molecule has 0 fully saturated rings. The van der Waals surface area contributed by atoms with Gasteiger partial charge in [0.2, 0.25) is 0 Å². The number of hydrogen-bond acceptors (Lipinski definition) is 2. The Balaban J connectivity index is 2.46. The van der Waals surface area contributed by atoms with E-state index in [4.69, 9.17) is 4.74 Å². The van der Waals surface area contributed by atoms with Gasteiger partial charge in [0.15, 0.2) is 0 Å². The summed E-state index contributed by atoms with van der Waals surface area (Å²) in [5.41, 5.74) is 2.52. The lowest BCUT2D eigenvalue weighted by atomic mass is 10.0. The number of aliphatic hydroxyl groups is 1. The topological polar surface area (TPSA) is 29.5 Å². The van der Waals surface area contributed by atoms with E-state index in [-0.39, 0.29) is 12.2 Å². The van der Waals surface area contributed by atoms with Crippen LogP contribution in [0.2, 0.25) is 0 Å². The maximum atomic E-state index is 9.85. The van der Waals surface area contributed by atoms with Crippen LogP contribution in [0.1, 0.15) is 31.4 Å². The molecule has 0 aliphatic rings. The Morgan fingerprint density at radius 1 is 1.19 bits per heavy atom. The summed E-state index contributed by atoms with van der Waals surface area (Å²) in [5, 5.41) is 9.85. The molecule has 1 aromatic carbocycles. The number of methoxy groups -OCH3 is 1. The third-order valence-corrected chi connectivity index (χ3v) is 2.91. The Kier molecular flexibility index (Phi) is 5.50. The van der Waals surface area contributed by atoms with Crippen LogP contribution in [0.15, 0.2) is 24.3 Å². The first-order chi connectivity index (χ1) is 7.65. The maximum Gasteiger partial charge on any atom is 0.0605 e. The summed E-state index contributed by atoms with van der Waals surface area (Å²) in [7, 11) is 1.67. The molecule has 2 heteroatoms. The second-order valence-electron chi connectivity index (χ2n) is 4.31. The second-order valence-corrected chi connectivity index (χ2v) is 4.31. The van der Waals surface area contributed by atoms with Crippen LogP contribution in [0.5, 0.6) is 0 Å². The molecule has 1 rings (SSSR count). The zero-order valence-electron chi connectivity index (χ0n) is 10.4. The number of hydrogen-bond donors (Lipinski definition) is 1. The maximum absolute atomic E-state index is 9.85. The molecular formula is C14H22O2. The molecule has 0 saturated carbocycles. The molecule has 0 aliphatic carbocycles. The lowest BCUT2D eigenvalue weighted by Gasteiger charge is -2.15. The smallest absolute Gasteiger partial charge is 0.0605 e. The van der Waals surface area contributed by atoms with Crippen molar-refractivity contribution in [1.82, 2.24) is 0 Å². The Labute approximate surface area is 98.3 Å². The Morgan fingerprint density at radius 3 is 2.25 bits per heavy atom. The van der Waals surface area contributed by atoms with Crippen LogP contribution >= 0.6 is 0 Å². The van der Waals surface area contributed by atoms with Gasteiger partial charge in [-0.2, -0.15) is 0 Å². The molecule has 0 amide bonds. The van der Waals surface area contributed by atoms with Crippen LogP contribution in [0.4, 0.5) is 0 Å². The standard InChI is InChI=1S/C14H22O2/c1-4-12-5-7-13(8-6-12)10-14(15)9-11(2)16-3/h5-8,11,14-15H,4,9-10H2,1-3H3. The minimum absolute atomic E-state index is 0.116. The molecule has 0 aliphatic heterocycles. The number of rotatable bonds is 6. The summed E-state index contributed by atoms with van der Waals surface area (Å²) in [6, 6.07) is 8.45. The van der Waals surface area contributed by atoms with Crippen LogP contribution in [0, 0.1) is 0 Å². The van der Waals surface area contributed by atoms with Gasteiger partial charge in [0.25, 0.3) is 0 Å². The molecule has 0 radical (unpaired) electrons. The van der Waals surface area contributed by atoms with Gasteiger partial charge in [-0.05, 0) is 37.3 Å². The van der Waals surface area contributed by atoms with Gasteiger partial charge in [-0.25, -0.2) is 0 Å². The molecule has 1 aromatic rings. The van der Waals surface area contributed by atoms with Crippen molar-refractivity contribution in [3.8, 4) is 0 Å². The lowest BCUT2D eigenvalue weighted by Crippen LogP contribution is -2.18. The van der Waals surface area contributed by atoms with Crippen LogP contribution < -0.4 is 0 Å². The van der Waals surface area contributed by atoms with E-state index in [9.17, 15) is 5.11 Å². The van der Waals surface area contributed by atoms with Crippen LogP contribution in [0.25, 0.3) is 0 Å². The zero-order valence-corrected chi connectivity index (χ0v) is 10.4.